The van der Waals surface area contributed by atoms with Crippen molar-refractivity contribution in [2.45, 2.75) is 26.9 Å². The predicted molar refractivity (Wildman–Crippen MR) is 77.2 cm³/mol. The van der Waals surface area contributed by atoms with Gasteiger partial charge in [-0.1, -0.05) is 0 Å². The monoisotopic (exact) mass is 296 g/mol. The first-order valence-electron chi connectivity index (χ1n) is 6.77. The number of hydrogen-bond acceptors (Lipinski definition) is 5. The molecule has 1 atom stereocenters. The number of aliphatic hydroxyl groups is 1. The fourth-order valence-electron chi connectivity index (χ4n) is 1.91. The minimum absolute atomic E-state index is 0.131. The molecule has 0 radical (unpaired) electrons. The van der Waals surface area contributed by atoms with Crippen molar-refractivity contribution in [1.29, 1.82) is 0 Å². The van der Waals surface area contributed by atoms with Crippen molar-refractivity contribution in [3.05, 3.63) is 33.9 Å². The van der Waals surface area contributed by atoms with Crippen LogP contribution in [0.1, 0.15) is 32.4 Å². The van der Waals surface area contributed by atoms with E-state index >= 15 is 0 Å². The number of carbonyl (C=O) groups excluding carboxylic acids is 1. The molecule has 0 aliphatic carbocycles. The van der Waals surface area contributed by atoms with Gasteiger partial charge in [0.25, 0.3) is 11.6 Å². The average molecular weight is 296 g/mol. The zero-order chi connectivity index (χ0) is 16.0. The highest BCUT2D eigenvalue weighted by atomic mass is 16.6. The van der Waals surface area contributed by atoms with Crippen LogP contribution in [0.2, 0.25) is 0 Å². The van der Waals surface area contributed by atoms with Gasteiger partial charge in [0.05, 0.1) is 11.0 Å². The minimum Gasteiger partial charge on any atom is -0.483 e. The molecule has 1 aromatic carbocycles. The summed E-state index contributed by atoms with van der Waals surface area (Å²) in [6.45, 7) is 6.23. The molecule has 0 aliphatic heterocycles. The van der Waals surface area contributed by atoms with Gasteiger partial charge in [-0.2, -0.15) is 0 Å². The highest BCUT2D eigenvalue weighted by Crippen LogP contribution is 2.29. The third-order valence-corrected chi connectivity index (χ3v) is 3.12. The Balaban J connectivity index is 2.88. The molecule has 1 amide bonds. The molecule has 0 fully saturated rings. The summed E-state index contributed by atoms with van der Waals surface area (Å²) in [5.74, 6) is 0.103. The molecule has 0 aliphatic rings. The molecular weight excluding hydrogens is 276 g/mol. The number of benzene rings is 1. The Bertz CT molecular complexity index is 512. The van der Waals surface area contributed by atoms with E-state index in [1.54, 1.807) is 4.90 Å². The molecule has 0 saturated carbocycles. The van der Waals surface area contributed by atoms with E-state index in [0.29, 0.717) is 13.1 Å². The van der Waals surface area contributed by atoms with E-state index in [0.717, 1.165) is 0 Å². The van der Waals surface area contributed by atoms with Gasteiger partial charge in [0.15, 0.2) is 6.61 Å². The maximum absolute atomic E-state index is 11.9. The molecule has 116 valence electrons. The van der Waals surface area contributed by atoms with Gasteiger partial charge in [-0.05, 0) is 26.8 Å². The van der Waals surface area contributed by atoms with Gasteiger partial charge in [0.1, 0.15) is 5.75 Å². The van der Waals surface area contributed by atoms with Crippen molar-refractivity contribution in [2.75, 3.05) is 19.7 Å². The lowest BCUT2D eigenvalue weighted by molar-refractivity contribution is -0.385. The molecule has 0 unspecified atom stereocenters. The predicted octanol–water partition coefficient (Wildman–Crippen LogP) is 1.90. The smallest absolute Gasteiger partial charge is 0.270 e. The van der Waals surface area contributed by atoms with Crippen LogP contribution in [0, 0.1) is 10.1 Å². The van der Waals surface area contributed by atoms with E-state index in [4.69, 9.17) is 4.74 Å². The standard InChI is InChI=1S/C14H20N2O5/c1-4-15(5-2)14(18)9-21-13-7-6-11(16(19)20)8-12(13)10(3)17/h6-8,10,17H,4-5,9H2,1-3H3/t10-/m0/s1. The molecule has 7 nitrogen and oxygen atoms in total. The highest BCUT2D eigenvalue weighted by molar-refractivity contribution is 5.77. The van der Waals surface area contributed by atoms with Crippen molar-refractivity contribution < 1.29 is 19.6 Å². The first-order valence-corrected chi connectivity index (χ1v) is 6.77. The summed E-state index contributed by atoms with van der Waals surface area (Å²) in [6.07, 6.45) is -0.927. The number of nitro groups is 1. The number of hydrogen-bond donors (Lipinski definition) is 1. The van der Waals surface area contributed by atoms with Crippen LogP contribution in [0.4, 0.5) is 5.69 Å². The molecule has 1 aromatic rings. The van der Waals surface area contributed by atoms with Gasteiger partial charge in [0.2, 0.25) is 0 Å². The van der Waals surface area contributed by atoms with Crippen molar-refractivity contribution in [2.24, 2.45) is 0 Å². The van der Waals surface area contributed by atoms with Crippen LogP contribution in [0.25, 0.3) is 0 Å². The van der Waals surface area contributed by atoms with E-state index in [1.807, 2.05) is 13.8 Å². The number of nitro benzene ring substituents is 1. The van der Waals surface area contributed by atoms with Gasteiger partial charge in [-0.15, -0.1) is 0 Å². The summed E-state index contributed by atoms with van der Waals surface area (Å²) in [5.41, 5.74) is 0.157. The van der Waals surface area contributed by atoms with Crippen molar-refractivity contribution in [1.82, 2.24) is 4.90 Å². The van der Waals surface area contributed by atoms with Gasteiger partial charge in [-0.25, -0.2) is 0 Å². The molecule has 7 heteroatoms. The quantitative estimate of drug-likeness (QED) is 0.612. The molecule has 0 heterocycles. The Morgan fingerprint density at radius 2 is 2.05 bits per heavy atom. The molecule has 0 aromatic heterocycles. The lowest BCUT2D eigenvalue weighted by Gasteiger charge is -2.19. The van der Waals surface area contributed by atoms with Crippen molar-refractivity contribution >= 4 is 11.6 Å². The SMILES string of the molecule is CCN(CC)C(=O)COc1ccc([N+](=O)[O-])cc1[C@H](C)O. The first kappa shape index (κ1) is 16.9. The minimum atomic E-state index is -0.927. The van der Waals surface area contributed by atoms with Crippen LogP contribution in [0.3, 0.4) is 0 Å². The Labute approximate surface area is 123 Å². The maximum atomic E-state index is 11.9. The number of amides is 1. The number of ether oxygens (including phenoxy) is 1. The Morgan fingerprint density at radius 1 is 1.43 bits per heavy atom. The summed E-state index contributed by atoms with van der Waals surface area (Å²) in [7, 11) is 0. The zero-order valence-corrected chi connectivity index (χ0v) is 12.4. The van der Waals surface area contributed by atoms with Crippen molar-refractivity contribution in [3.8, 4) is 5.75 Å². The fraction of sp³-hybridized carbons (Fsp3) is 0.500. The van der Waals surface area contributed by atoms with Crippen LogP contribution >= 0.6 is 0 Å². The second-order valence-electron chi connectivity index (χ2n) is 4.51. The van der Waals surface area contributed by atoms with E-state index in [1.165, 1.54) is 25.1 Å². The molecular formula is C14H20N2O5. The third kappa shape index (κ3) is 4.42. The number of likely N-dealkylation sites (N-methyl/N-ethyl adjacent to an activating group) is 1. The van der Waals surface area contributed by atoms with Crippen molar-refractivity contribution in [3.63, 3.8) is 0 Å². The van der Waals surface area contributed by atoms with Gasteiger partial charge in [-0.3, -0.25) is 14.9 Å². The van der Waals surface area contributed by atoms with E-state index in [9.17, 15) is 20.0 Å². The zero-order valence-electron chi connectivity index (χ0n) is 12.4. The van der Waals surface area contributed by atoms with Crippen LogP contribution < -0.4 is 4.74 Å². The lowest BCUT2D eigenvalue weighted by atomic mass is 10.1. The summed E-state index contributed by atoms with van der Waals surface area (Å²) < 4.78 is 5.41. The molecule has 1 rings (SSSR count). The average Bonchev–Trinajstić information content (AvgIpc) is 2.45. The second-order valence-corrected chi connectivity index (χ2v) is 4.51. The van der Waals surface area contributed by atoms with Gasteiger partial charge < -0.3 is 14.7 Å². The summed E-state index contributed by atoms with van der Waals surface area (Å²) in [4.78, 5) is 23.7. The topological polar surface area (TPSA) is 92.9 Å². The number of carbonyl (C=O) groups is 1. The van der Waals surface area contributed by atoms with Gasteiger partial charge in [0, 0.05) is 30.8 Å². The third-order valence-electron chi connectivity index (χ3n) is 3.12. The van der Waals surface area contributed by atoms with Crippen LogP contribution in [-0.2, 0) is 4.79 Å². The first-order chi connectivity index (χ1) is 9.90. The molecule has 0 spiro atoms. The lowest BCUT2D eigenvalue weighted by Crippen LogP contribution is -2.34. The van der Waals surface area contributed by atoms with E-state index < -0.39 is 11.0 Å². The Hall–Kier alpha value is -2.15. The normalized spacial score (nSPS) is 11.8. The Morgan fingerprint density at radius 3 is 2.52 bits per heavy atom. The maximum Gasteiger partial charge on any atom is 0.270 e. The van der Waals surface area contributed by atoms with E-state index in [-0.39, 0.29) is 29.5 Å². The molecule has 1 N–H and O–H groups in total. The number of rotatable bonds is 7. The number of aliphatic hydroxyl groups excluding tert-OH is 1. The summed E-state index contributed by atoms with van der Waals surface area (Å²) in [6, 6.07) is 3.93. The molecule has 21 heavy (non-hydrogen) atoms. The Kier molecular flexibility index (Phi) is 6.10. The van der Waals surface area contributed by atoms with Gasteiger partial charge >= 0.3 is 0 Å². The van der Waals surface area contributed by atoms with Crippen LogP contribution in [-0.4, -0.2) is 40.5 Å². The van der Waals surface area contributed by atoms with Crippen LogP contribution in [0.15, 0.2) is 18.2 Å². The molecule has 0 saturated heterocycles. The largest absolute Gasteiger partial charge is 0.483 e. The summed E-state index contributed by atoms with van der Waals surface area (Å²) in [5, 5.41) is 20.4. The number of nitrogens with zero attached hydrogens (tertiary/aromatic N) is 2. The number of non-ortho nitro benzene ring substituents is 1. The molecule has 0 bridgehead atoms. The summed E-state index contributed by atoms with van der Waals surface area (Å²) >= 11 is 0. The highest BCUT2D eigenvalue weighted by Gasteiger charge is 2.17. The second kappa shape index (κ2) is 7.58. The van der Waals surface area contributed by atoms with Crippen LogP contribution in [0.5, 0.6) is 5.75 Å². The van der Waals surface area contributed by atoms with E-state index in [2.05, 4.69) is 0 Å². The fourth-order valence-corrected chi connectivity index (χ4v) is 1.91.